The molecule has 1 amide bonds. The first-order valence-corrected chi connectivity index (χ1v) is 5.52. The van der Waals surface area contributed by atoms with Crippen molar-refractivity contribution >= 4 is 5.91 Å². The highest BCUT2D eigenvalue weighted by atomic mass is 19.3. The van der Waals surface area contributed by atoms with Crippen molar-refractivity contribution in [1.29, 1.82) is 0 Å². The largest absolute Gasteiger partial charge is 0.354 e. The van der Waals surface area contributed by atoms with Gasteiger partial charge in [0.1, 0.15) is 0 Å². The van der Waals surface area contributed by atoms with Crippen LogP contribution in [0.4, 0.5) is 8.78 Å². The molecule has 1 aromatic rings. The number of nitrogens with one attached hydrogen (secondary N) is 2. The summed E-state index contributed by atoms with van der Waals surface area (Å²) in [5.74, 6) is 0.0313. The Morgan fingerprint density at radius 2 is 2.29 bits per heavy atom. The molecule has 0 aliphatic carbocycles. The fourth-order valence-corrected chi connectivity index (χ4v) is 1.85. The maximum absolute atomic E-state index is 12.5. The number of carbonyl (C=O) groups excluding carboxylic acids is 1. The van der Waals surface area contributed by atoms with Crippen molar-refractivity contribution in [2.24, 2.45) is 0 Å². The topological polar surface area (TPSA) is 41.1 Å². The summed E-state index contributed by atoms with van der Waals surface area (Å²) in [7, 11) is 0. The lowest BCUT2D eigenvalue weighted by molar-refractivity contribution is -0.119. The van der Waals surface area contributed by atoms with E-state index in [9.17, 15) is 13.6 Å². The van der Waals surface area contributed by atoms with Crippen LogP contribution in [0.1, 0.15) is 24.0 Å². The Labute approximate surface area is 98.2 Å². The summed E-state index contributed by atoms with van der Waals surface area (Å²) < 4.78 is 24.9. The highest BCUT2D eigenvalue weighted by Crippen LogP contribution is 2.19. The van der Waals surface area contributed by atoms with E-state index in [1.807, 2.05) is 0 Å². The number of hydrogen-bond acceptors (Lipinski definition) is 2. The maximum atomic E-state index is 12.5. The molecule has 0 saturated carbocycles. The fraction of sp³-hybridized carbons (Fsp3) is 0.417. The zero-order valence-corrected chi connectivity index (χ0v) is 9.25. The Hall–Kier alpha value is -1.49. The van der Waals surface area contributed by atoms with Gasteiger partial charge in [0.2, 0.25) is 5.91 Å². The molecule has 1 fully saturated rings. The number of halogens is 2. The summed E-state index contributed by atoms with van der Waals surface area (Å²) in [6.07, 6.45) is -1.99. The molecule has 1 saturated heterocycles. The summed E-state index contributed by atoms with van der Waals surface area (Å²) >= 11 is 0. The molecule has 2 N–H and O–H groups in total. The number of rotatable bonds is 4. The smallest absolute Gasteiger partial charge is 0.263 e. The number of amides is 1. The van der Waals surface area contributed by atoms with Crippen LogP contribution in [-0.2, 0) is 11.3 Å². The van der Waals surface area contributed by atoms with Crippen LogP contribution in [0.5, 0.6) is 0 Å². The van der Waals surface area contributed by atoms with Crippen LogP contribution < -0.4 is 10.6 Å². The van der Waals surface area contributed by atoms with E-state index in [1.165, 1.54) is 12.1 Å². The van der Waals surface area contributed by atoms with E-state index < -0.39 is 6.43 Å². The summed E-state index contributed by atoms with van der Waals surface area (Å²) in [4.78, 5) is 11.0. The van der Waals surface area contributed by atoms with E-state index in [1.54, 1.807) is 12.1 Å². The summed E-state index contributed by atoms with van der Waals surface area (Å²) in [5, 5.41) is 5.88. The van der Waals surface area contributed by atoms with Crippen LogP contribution in [0.25, 0.3) is 0 Å². The van der Waals surface area contributed by atoms with E-state index in [0.717, 1.165) is 5.56 Å². The van der Waals surface area contributed by atoms with E-state index in [4.69, 9.17) is 0 Å². The van der Waals surface area contributed by atoms with Gasteiger partial charge in [-0.25, -0.2) is 8.78 Å². The van der Waals surface area contributed by atoms with Crippen LogP contribution in [0, 0.1) is 0 Å². The standard InChI is InChI=1S/C12H14F2N2O/c13-12(14)9-3-1-2-8(4-9)6-15-10-5-11(17)16-7-10/h1-4,10,12,15H,5-7H2,(H,16,17). The second kappa shape index (κ2) is 5.23. The van der Waals surface area contributed by atoms with Crippen LogP contribution >= 0.6 is 0 Å². The Kier molecular flexibility index (Phi) is 3.68. The summed E-state index contributed by atoms with van der Waals surface area (Å²) in [5.41, 5.74) is 0.840. The van der Waals surface area contributed by atoms with Gasteiger partial charge in [0.25, 0.3) is 6.43 Å². The molecule has 1 heterocycles. The molecular weight excluding hydrogens is 226 g/mol. The lowest BCUT2D eigenvalue weighted by Crippen LogP contribution is -2.30. The van der Waals surface area contributed by atoms with Crippen molar-refractivity contribution < 1.29 is 13.6 Å². The van der Waals surface area contributed by atoms with Gasteiger partial charge < -0.3 is 10.6 Å². The average molecular weight is 240 g/mol. The molecule has 1 aliphatic rings. The summed E-state index contributed by atoms with van der Waals surface area (Å²) in [6, 6.07) is 6.41. The first-order valence-electron chi connectivity index (χ1n) is 5.52. The fourth-order valence-electron chi connectivity index (χ4n) is 1.85. The van der Waals surface area contributed by atoms with Gasteiger partial charge >= 0.3 is 0 Å². The highest BCUT2D eigenvalue weighted by molar-refractivity contribution is 5.78. The lowest BCUT2D eigenvalue weighted by atomic mass is 10.1. The molecule has 3 nitrogen and oxygen atoms in total. The normalized spacial score (nSPS) is 19.7. The van der Waals surface area contributed by atoms with E-state index >= 15 is 0 Å². The summed E-state index contributed by atoms with van der Waals surface area (Å²) in [6.45, 7) is 1.10. The SMILES string of the molecule is O=C1CC(NCc2cccc(C(F)F)c2)CN1. The minimum atomic E-state index is -2.44. The quantitative estimate of drug-likeness (QED) is 0.839. The Morgan fingerprint density at radius 3 is 2.94 bits per heavy atom. The molecule has 1 aliphatic heterocycles. The molecule has 1 unspecified atom stereocenters. The van der Waals surface area contributed by atoms with Crippen LogP contribution in [0.2, 0.25) is 0 Å². The average Bonchev–Trinajstić information content (AvgIpc) is 2.73. The van der Waals surface area contributed by atoms with Crippen LogP contribution in [0.3, 0.4) is 0 Å². The van der Waals surface area contributed by atoms with E-state index in [-0.39, 0.29) is 17.5 Å². The van der Waals surface area contributed by atoms with E-state index in [2.05, 4.69) is 10.6 Å². The first-order chi connectivity index (χ1) is 8.15. The van der Waals surface area contributed by atoms with Crippen molar-refractivity contribution in [3.8, 4) is 0 Å². The molecule has 0 aromatic heterocycles. The van der Waals surface area contributed by atoms with Gasteiger partial charge in [0, 0.05) is 31.1 Å². The number of alkyl halides is 2. The van der Waals surface area contributed by atoms with Crippen molar-refractivity contribution in [2.75, 3.05) is 6.54 Å². The Balaban J connectivity index is 1.90. The minimum Gasteiger partial charge on any atom is -0.354 e. The highest BCUT2D eigenvalue weighted by Gasteiger charge is 2.20. The predicted molar refractivity (Wildman–Crippen MR) is 59.7 cm³/mol. The molecule has 5 heteroatoms. The third-order valence-corrected chi connectivity index (χ3v) is 2.78. The van der Waals surface area contributed by atoms with Crippen molar-refractivity contribution in [3.63, 3.8) is 0 Å². The van der Waals surface area contributed by atoms with Crippen molar-refractivity contribution in [2.45, 2.75) is 25.4 Å². The lowest BCUT2D eigenvalue weighted by Gasteiger charge is -2.11. The Morgan fingerprint density at radius 1 is 1.47 bits per heavy atom. The van der Waals surface area contributed by atoms with Crippen molar-refractivity contribution in [3.05, 3.63) is 35.4 Å². The van der Waals surface area contributed by atoms with Gasteiger partial charge in [-0.2, -0.15) is 0 Å². The number of benzene rings is 1. The zero-order valence-electron chi connectivity index (χ0n) is 9.25. The second-order valence-corrected chi connectivity index (χ2v) is 4.13. The van der Waals surface area contributed by atoms with Crippen molar-refractivity contribution in [1.82, 2.24) is 10.6 Å². The zero-order chi connectivity index (χ0) is 12.3. The first kappa shape index (κ1) is 12.0. The molecule has 0 spiro atoms. The number of carbonyl (C=O) groups is 1. The van der Waals surface area contributed by atoms with Gasteiger partial charge in [-0.15, -0.1) is 0 Å². The second-order valence-electron chi connectivity index (χ2n) is 4.13. The molecule has 0 radical (unpaired) electrons. The van der Waals surface area contributed by atoms with Crippen LogP contribution in [-0.4, -0.2) is 18.5 Å². The van der Waals surface area contributed by atoms with Crippen LogP contribution in [0.15, 0.2) is 24.3 Å². The molecule has 1 aromatic carbocycles. The molecular formula is C12H14F2N2O. The molecule has 1 atom stereocenters. The molecule has 2 rings (SSSR count). The molecule has 92 valence electrons. The monoisotopic (exact) mass is 240 g/mol. The van der Waals surface area contributed by atoms with Gasteiger partial charge in [-0.05, 0) is 11.6 Å². The van der Waals surface area contributed by atoms with Gasteiger partial charge in [0.15, 0.2) is 0 Å². The van der Waals surface area contributed by atoms with Gasteiger partial charge in [0.05, 0.1) is 0 Å². The third-order valence-electron chi connectivity index (χ3n) is 2.78. The minimum absolute atomic E-state index is 0.0313. The Bertz CT molecular complexity index is 409. The maximum Gasteiger partial charge on any atom is 0.263 e. The number of hydrogen-bond donors (Lipinski definition) is 2. The van der Waals surface area contributed by atoms with E-state index in [0.29, 0.717) is 19.5 Å². The predicted octanol–water partition coefficient (Wildman–Crippen LogP) is 1.60. The molecule has 17 heavy (non-hydrogen) atoms. The molecule has 0 bridgehead atoms. The third kappa shape index (κ3) is 3.23. The van der Waals surface area contributed by atoms with Gasteiger partial charge in [-0.3, -0.25) is 4.79 Å². The van der Waals surface area contributed by atoms with Gasteiger partial charge in [-0.1, -0.05) is 18.2 Å².